The molecule has 0 atom stereocenters. The van der Waals surface area contributed by atoms with Crippen LogP contribution in [0.3, 0.4) is 0 Å². The molecule has 2 N–H and O–H groups in total. The molecule has 0 radical (unpaired) electrons. The number of aryl methyl sites for hydroxylation is 1. The van der Waals surface area contributed by atoms with Crippen LogP contribution in [-0.4, -0.2) is 63.6 Å². The number of carbonyl (C=O) groups is 1. The molecular formula is C25H28FN7OS2. The van der Waals surface area contributed by atoms with E-state index in [1.54, 1.807) is 23.5 Å². The van der Waals surface area contributed by atoms with Gasteiger partial charge in [0.2, 0.25) is 5.91 Å². The highest BCUT2D eigenvalue weighted by Gasteiger charge is 2.22. The van der Waals surface area contributed by atoms with Gasteiger partial charge in [-0.1, -0.05) is 18.9 Å². The molecule has 0 unspecified atom stereocenters. The molecule has 3 aromatic heterocycles. The number of nitrogens with two attached hydrogens (primary N) is 1. The van der Waals surface area contributed by atoms with Crippen molar-refractivity contribution in [2.75, 3.05) is 48.8 Å². The molecule has 0 saturated carbocycles. The average Bonchev–Trinajstić information content (AvgIpc) is 3.52. The largest absolute Gasteiger partial charge is 0.369 e. The minimum Gasteiger partial charge on any atom is -0.369 e. The van der Waals surface area contributed by atoms with Crippen LogP contribution in [0.4, 0.5) is 21.0 Å². The van der Waals surface area contributed by atoms with Gasteiger partial charge < -0.3 is 15.5 Å². The Morgan fingerprint density at radius 1 is 1.14 bits per heavy atom. The van der Waals surface area contributed by atoms with Crippen LogP contribution in [-0.2, 0) is 11.2 Å². The third-order valence-corrected chi connectivity index (χ3v) is 8.27. The van der Waals surface area contributed by atoms with E-state index >= 15 is 0 Å². The quantitative estimate of drug-likeness (QED) is 0.346. The van der Waals surface area contributed by atoms with E-state index in [2.05, 4.69) is 43.8 Å². The van der Waals surface area contributed by atoms with Gasteiger partial charge in [-0.2, -0.15) is 0 Å². The first-order valence-corrected chi connectivity index (χ1v) is 13.6. The molecule has 0 aliphatic carbocycles. The zero-order valence-corrected chi connectivity index (χ0v) is 21.9. The SMILES string of the molecule is CCc1nc2ccc(N3CCN(SCC(N)=O)CC3)cn2c1N(C)c1nc(-c2ccc(F)cc2)cs1. The lowest BCUT2D eigenvalue weighted by Crippen LogP contribution is -2.44. The second-order valence-corrected chi connectivity index (χ2v) is 10.5. The smallest absolute Gasteiger partial charge is 0.228 e. The van der Waals surface area contributed by atoms with Crippen LogP contribution in [0, 0.1) is 5.82 Å². The molecule has 1 fully saturated rings. The Kier molecular flexibility index (Phi) is 7.13. The number of thiazole rings is 1. The first-order chi connectivity index (χ1) is 17.4. The summed E-state index contributed by atoms with van der Waals surface area (Å²) in [5.74, 6) is 0.758. The summed E-state index contributed by atoms with van der Waals surface area (Å²) in [6, 6.07) is 10.6. The van der Waals surface area contributed by atoms with E-state index in [0.717, 1.165) is 71.8 Å². The summed E-state index contributed by atoms with van der Waals surface area (Å²) in [7, 11) is 2.01. The fourth-order valence-corrected chi connectivity index (χ4v) is 5.87. The summed E-state index contributed by atoms with van der Waals surface area (Å²) >= 11 is 3.05. The number of carbonyl (C=O) groups excluding carboxylic acids is 1. The first-order valence-electron chi connectivity index (χ1n) is 11.8. The van der Waals surface area contributed by atoms with E-state index in [9.17, 15) is 9.18 Å². The highest BCUT2D eigenvalue weighted by Crippen LogP contribution is 2.34. The van der Waals surface area contributed by atoms with Gasteiger partial charge in [0, 0.05) is 50.4 Å². The van der Waals surface area contributed by atoms with Crippen molar-refractivity contribution in [2.45, 2.75) is 13.3 Å². The normalized spacial score (nSPS) is 14.5. The Morgan fingerprint density at radius 3 is 2.58 bits per heavy atom. The third kappa shape index (κ3) is 5.04. The molecule has 1 amide bonds. The lowest BCUT2D eigenvalue weighted by molar-refractivity contribution is -0.115. The number of imidazole rings is 1. The van der Waals surface area contributed by atoms with Gasteiger partial charge in [0.1, 0.15) is 17.3 Å². The van der Waals surface area contributed by atoms with Gasteiger partial charge in [-0.25, -0.2) is 18.7 Å². The Hall–Kier alpha value is -3.15. The summed E-state index contributed by atoms with van der Waals surface area (Å²) in [5.41, 5.74) is 10.0. The molecule has 188 valence electrons. The van der Waals surface area contributed by atoms with Crippen molar-refractivity contribution in [1.29, 1.82) is 0 Å². The fourth-order valence-electron chi connectivity index (χ4n) is 4.34. The zero-order valence-electron chi connectivity index (χ0n) is 20.2. The molecule has 8 nitrogen and oxygen atoms in total. The molecule has 1 aliphatic rings. The van der Waals surface area contributed by atoms with Crippen molar-refractivity contribution in [1.82, 2.24) is 18.7 Å². The van der Waals surface area contributed by atoms with E-state index in [1.807, 2.05) is 12.4 Å². The number of rotatable bonds is 8. The van der Waals surface area contributed by atoms with Gasteiger partial charge in [-0.05, 0) is 42.8 Å². The van der Waals surface area contributed by atoms with Crippen molar-refractivity contribution >= 4 is 51.5 Å². The Labute approximate surface area is 217 Å². The number of anilines is 3. The van der Waals surface area contributed by atoms with Gasteiger partial charge in [0.05, 0.1) is 22.8 Å². The van der Waals surface area contributed by atoms with Crippen molar-refractivity contribution in [3.63, 3.8) is 0 Å². The number of hydrogen-bond donors (Lipinski definition) is 1. The maximum atomic E-state index is 13.3. The van der Waals surface area contributed by atoms with Crippen LogP contribution in [0.25, 0.3) is 16.9 Å². The minimum absolute atomic E-state index is 0.258. The predicted octanol–water partition coefficient (Wildman–Crippen LogP) is 4.18. The molecule has 36 heavy (non-hydrogen) atoms. The van der Waals surface area contributed by atoms with Gasteiger partial charge in [-0.15, -0.1) is 11.3 Å². The summed E-state index contributed by atoms with van der Waals surface area (Å²) in [6.07, 6.45) is 2.94. The minimum atomic E-state index is -0.290. The van der Waals surface area contributed by atoms with Crippen LogP contribution >= 0.6 is 23.3 Å². The second kappa shape index (κ2) is 10.5. The summed E-state index contributed by atoms with van der Waals surface area (Å²) in [4.78, 5) is 25.2. The number of fused-ring (bicyclic) bond motifs is 1. The van der Waals surface area contributed by atoms with Crippen LogP contribution in [0.1, 0.15) is 12.6 Å². The standard InChI is InChI=1S/C25H28FN7OS2/c1-3-20-24(30(2)25-29-21(15-35-25)17-4-6-18(26)7-5-17)33-14-19(8-9-23(33)28-20)31-10-12-32(13-11-31)36-16-22(27)34/h4-9,14-15H,3,10-13,16H2,1-2H3,(H2,27,34). The fraction of sp³-hybridized carbons (Fsp3) is 0.320. The number of nitrogens with zero attached hydrogens (tertiary/aromatic N) is 6. The van der Waals surface area contributed by atoms with E-state index in [0.29, 0.717) is 5.75 Å². The number of amides is 1. The summed E-state index contributed by atoms with van der Waals surface area (Å²) in [6.45, 7) is 5.56. The summed E-state index contributed by atoms with van der Waals surface area (Å²) < 4.78 is 17.7. The highest BCUT2D eigenvalue weighted by atomic mass is 32.2. The number of aromatic nitrogens is 3. The Bertz CT molecular complexity index is 1360. The van der Waals surface area contributed by atoms with E-state index in [4.69, 9.17) is 15.7 Å². The first kappa shape index (κ1) is 24.5. The monoisotopic (exact) mass is 525 g/mol. The van der Waals surface area contributed by atoms with Crippen molar-refractivity contribution in [2.24, 2.45) is 5.73 Å². The predicted molar refractivity (Wildman–Crippen MR) is 146 cm³/mol. The molecular weight excluding hydrogens is 497 g/mol. The third-order valence-electron chi connectivity index (χ3n) is 6.21. The zero-order chi connectivity index (χ0) is 25.2. The van der Waals surface area contributed by atoms with Gasteiger partial charge in [0.15, 0.2) is 5.13 Å². The molecule has 4 aromatic rings. The van der Waals surface area contributed by atoms with Crippen molar-refractivity contribution in [3.05, 3.63) is 59.5 Å². The molecule has 0 bridgehead atoms. The van der Waals surface area contributed by atoms with Crippen LogP contribution in [0.15, 0.2) is 48.0 Å². The van der Waals surface area contributed by atoms with Crippen molar-refractivity contribution in [3.8, 4) is 11.3 Å². The van der Waals surface area contributed by atoms with Crippen LogP contribution in [0.2, 0.25) is 0 Å². The van der Waals surface area contributed by atoms with E-state index in [-0.39, 0.29) is 11.7 Å². The maximum Gasteiger partial charge on any atom is 0.228 e. The molecule has 1 aliphatic heterocycles. The topological polar surface area (TPSA) is 83.0 Å². The molecule has 1 saturated heterocycles. The Morgan fingerprint density at radius 2 is 1.89 bits per heavy atom. The highest BCUT2D eigenvalue weighted by molar-refractivity contribution is 7.97. The van der Waals surface area contributed by atoms with Gasteiger partial charge in [0.25, 0.3) is 0 Å². The van der Waals surface area contributed by atoms with Gasteiger partial charge >= 0.3 is 0 Å². The molecule has 11 heteroatoms. The Balaban J connectivity index is 1.40. The number of piperazine rings is 1. The van der Waals surface area contributed by atoms with Crippen LogP contribution < -0.4 is 15.5 Å². The number of halogens is 1. The molecule has 4 heterocycles. The second-order valence-electron chi connectivity index (χ2n) is 8.59. The molecule has 1 aromatic carbocycles. The number of hydrogen-bond acceptors (Lipinski definition) is 8. The molecule has 5 rings (SSSR count). The number of pyridine rings is 1. The van der Waals surface area contributed by atoms with Crippen molar-refractivity contribution < 1.29 is 9.18 Å². The number of benzene rings is 1. The van der Waals surface area contributed by atoms with E-state index in [1.165, 1.54) is 24.1 Å². The molecule has 0 spiro atoms. The average molecular weight is 526 g/mol. The number of primary amides is 1. The van der Waals surface area contributed by atoms with Crippen LogP contribution in [0.5, 0.6) is 0 Å². The summed E-state index contributed by atoms with van der Waals surface area (Å²) in [5, 5.41) is 2.84. The maximum absolute atomic E-state index is 13.3. The van der Waals surface area contributed by atoms with E-state index < -0.39 is 0 Å². The lowest BCUT2D eigenvalue weighted by atomic mass is 10.2. The lowest BCUT2D eigenvalue weighted by Gasteiger charge is -2.35. The van der Waals surface area contributed by atoms with Gasteiger partial charge in [-0.3, -0.25) is 9.20 Å².